The third-order valence-corrected chi connectivity index (χ3v) is 3.48. The van der Waals surface area contributed by atoms with Crippen LogP contribution in [0.4, 0.5) is 5.69 Å². The normalized spacial score (nSPS) is 10.9. The lowest BCUT2D eigenvalue weighted by Gasteiger charge is -2.04. The lowest BCUT2D eigenvalue weighted by molar-refractivity contribution is -0.385. The molecule has 0 bridgehead atoms. The van der Waals surface area contributed by atoms with Crippen LogP contribution in [0.25, 0.3) is 16.9 Å². The first kappa shape index (κ1) is 12.6. The van der Waals surface area contributed by atoms with Gasteiger partial charge in [0, 0.05) is 23.4 Å². The van der Waals surface area contributed by atoms with Crippen LogP contribution in [-0.2, 0) is 0 Å². The van der Waals surface area contributed by atoms with Crippen LogP contribution in [0.15, 0.2) is 42.7 Å². The minimum atomic E-state index is -0.380. The molecule has 5 nitrogen and oxygen atoms in total. The van der Waals surface area contributed by atoms with E-state index in [0.29, 0.717) is 16.2 Å². The van der Waals surface area contributed by atoms with Crippen LogP contribution >= 0.6 is 11.6 Å². The summed E-state index contributed by atoms with van der Waals surface area (Å²) >= 11 is 6.07. The topological polar surface area (TPSA) is 60.4 Å². The molecule has 1 aromatic carbocycles. The van der Waals surface area contributed by atoms with Crippen molar-refractivity contribution >= 4 is 22.9 Å². The van der Waals surface area contributed by atoms with Crippen molar-refractivity contribution < 1.29 is 4.92 Å². The van der Waals surface area contributed by atoms with E-state index in [2.05, 4.69) is 4.98 Å². The van der Waals surface area contributed by atoms with Crippen molar-refractivity contribution in [2.75, 3.05) is 0 Å². The van der Waals surface area contributed by atoms with E-state index in [1.807, 2.05) is 22.7 Å². The number of hydrogen-bond acceptors (Lipinski definition) is 3. The Morgan fingerprint density at radius 3 is 2.90 bits per heavy atom. The number of aromatic nitrogens is 2. The molecule has 100 valence electrons. The molecule has 6 heteroatoms. The van der Waals surface area contributed by atoms with Crippen molar-refractivity contribution in [3.05, 3.63) is 63.4 Å². The summed E-state index contributed by atoms with van der Waals surface area (Å²) in [5.41, 5.74) is 2.86. The quantitative estimate of drug-likeness (QED) is 0.531. The first-order valence-electron chi connectivity index (χ1n) is 5.95. The van der Waals surface area contributed by atoms with Crippen molar-refractivity contribution in [3.8, 4) is 11.3 Å². The van der Waals surface area contributed by atoms with Gasteiger partial charge in [-0.1, -0.05) is 23.7 Å². The number of aryl methyl sites for hydroxylation is 1. The lowest BCUT2D eigenvalue weighted by Crippen LogP contribution is -1.93. The molecule has 0 radical (unpaired) electrons. The van der Waals surface area contributed by atoms with Crippen LogP contribution in [0, 0.1) is 17.0 Å². The van der Waals surface area contributed by atoms with E-state index in [0.717, 1.165) is 11.3 Å². The van der Waals surface area contributed by atoms with Crippen molar-refractivity contribution in [2.24, 2.45) is 0 Å². The van der Waals surface area contributed by atoms with Gasteiger partial charge >= 0.3 is 0 Å². The van der Waals surface area contributed by atoms with Crippen molar-refractivity contribution in [1.82, 2.24) is 9.38 Å². The molecule has 0 saturated heterocycles. The molecule has 0 spiro atoms. The predicted octanol–water partition coefficient (Wildman–Crippen LogP) is 3.87. The maximum Gasteiger partial charge on any atom is 0.272 e. The number of nitro groups is 1. The van der Waals surface area contributed by atoms with E-state index in [-0.39, 0.29) is 10.6 Å². The van der Waals surface area contributed by atoms with Gasteiger partial charge in [-0.05, 0) is 19.1 Å². The SMILES string of the molecule is Cc1ccc(-c2cnc3c(Cl)cccn23)cc1[N+](=O)[O-]. The lowest BCUT2D eigenvalue weighted by atomic mass is 10.1. The van der Waals surface area contributed by atoms with Gasteiger partial charge in [-0.3, -0.25) is 14.5 Å². The van der Waals surface area contributed by atoms with Gasteiger partial charge in [0.1, 0.15) is 0 Å². The average molecular weight is 288 g/mol. The first-order valence-corrected chi connectivity index (χ1v) is 6.32. The molecule has 0 aliphatic heterocycles. The fourth-order valence-corrected chi connectivity index (χ4v) is 2.37. The van der Waals surface area contributed by atoms with Crippen LogP contribution in [-0.4, -0.2) is 14.3 Å². The molecular weight excluding hydrogens is 278 g/mol. The number of pyridine rings is 1. The highest BCUT2D eigenvalue weighted by molar-refractivity contribution is 6.33. The predicted molar refractivity (Wildman–Crippen MR) is 77.0 cm³/mol. The summed E-state index contributed by atoms with van der Waals surface area (Å²) in [6.45, 7) is 1.72. The molecule has 0 unspecified atom stereocenters. The molecule has 20 heavy (non-hydrogen) atoms. The van der Waals surface area contributed by atoms with Gasteiger partial charge in [0.15, 0.2) is 5.65 Å². The Morgan fingerprint density at radius 1 is 1.35 bits per heavy atom. The fourth-order valence-electron chi connectivity index (χ4n) is 2.16. The summed E-state index contributed by atoms with van der Waals surface area (Å²) in [7, 11) is 0. The molecule has 0 N–H and O–H groups in total. The van der Waals surface area contributed by atoms with Crippen LogP contribution < -0.4 is 0 Å². The Bertz CT molecular complexity index is 826. The molecule has 0 aliphatic carbocycles. The Morgan fingerprint density at radius 2 is 2.15 bits per heavy atom. The summed E-state index contributed by atoms with van der Waals surface area (Å²) in [5.74, 6) is 0. The zero-order chi connectivity index (χ0) is 14.3. The fraction of sp³-hybridized carbons (Fsp3) is 0.0714. The van der Waals surface area contributed by atoms with Gasteiger partial charge in [-0.25, -0.2) is 4.98 Å². The number of hydrogen-bond donors (Lipinski definition) is 0. The smallest absolute Gasteiger partial charge is 0.272 e. The van der Waals surface area contributed by atoms with E-state index in [4.69, 9.17) is 11.6 Å². The van der Waals surface area contributed by atoms with Gasteiger partial charge < -0.3 is 0 Å². The Kier molecular flexibility index (Phi) is 2.91. The van der Waals surface area contributed by atoms with Gasteiger partial charge in [-0.15, -0.1) is 0 Å². The van der Waals surface area contributed by atoms with E-state index < -0.39 is 0 Å². The van der Waals surface area contributed by atoms with Crippen LogP contribution in [0.5, 0.6) is 0 Å². The molecule has 2 heterocycles. The largest absolute Gasteiger partial charge is 0.298 e. The zero-order valence-corrected chi connectivity index (χ0v) is 11.3. The minimum Gasteiger partial charge on any atom is -0.298 e. The highest BCUT2D eigenvalue weighted by Crippen LogP contribution is 2.28. The Labute approximate surface area is 119 Å². The molecular formula is C14H10ClN3O2. The monoisotopic (exact) mass is 287 g/mol. The Hall–Kier alpha value is -2.40. The number of halogens is 1. The summed E-state index contributed by atoms with van der Waals surface area (Å²) in [4.78, 5) is 14.9. The summed E-state index contributed by atoms with van der Waals surface area (Å²) in [6, 6.07) is 8.69. The molecule has 3 aromatic rings. The number of benzene rings is 1. The molecule has 0 amide bonds. The van der Waals surface area contributed by atoms with E-state index in [9.17, 15) is 10.1 Å². The first-order chi connectivity index (χ1) is 9.58. The van der Waals surface area contributed by atoms with Gasteiger partial charge in [0.05, 0.1) is 21.8 Å². The van der Waals surface area contributed by atoms with E-state index in [1.165, 1.54) is 0 Å². The minimum absolute atomic E-state index is 0.0967. The van der Waals surface area contributed by atoms with E-state index >= 15 is 0 Å². The maximum absolute atomic E-state index is 11.0. The molecule has 0 saturated carbocycles. The highest BCUT2D eigenvalue weighted by atomic mass is 35.5. The molecule has 0 fully saturated rings. The van der Waals surface area contributed by atoms with Crippen LogP contribution in [0.1, 0.15) is 5.56 Å². The molecule has 2 aromatic heterocycles. The van der Waals surface area contributed by atoms with Gasteiger partial charge in [0.2, 0.25) is 0 Å². The summed E-state index contributed by atoms with van der Waals surface area (Å²) in [5, 5.41) is 11.6. The molecule has 3 rings (SSSR count). The second-order valence-electron chi connectivity index (χ2n) is 4.45. The second kappa shape index (κ2) is 4.61. The third kappa shape index (κ3) is 1.92. The van der Waals surface area contributed by atoms with Gasteiger partial charge in [0.25, 0.3) is 5.69 Å². The van der Waals surface area contributed by atoms with Crippen LogP contribution in [0.3, 0.4) is 0 Å². The second-order valence-corrected chi connectivity index (χ2v) is 4.86. The van der Waals surface area contributed by atoms with Crippen molar-refractivity contribution in [2.45, 2.75) is 6.92 Å². The number of nitrogens with zero attached hydrogens (tertiary/aromatic N) is 3. The maximum atomic E-state index is 11.0. The zero-order valence-electron chi connectivity index (χ0n) is 10.6. The van der Waals surface area contributed by atoms with Crippen LogP contribution in [0.2, 0.25) is 5.02 Å². The standard InChI is InChI=1S/C14H10ClN3O2/c1-9-4-5-10(7-12(9)18(19)20)13-8-16-14-11(15)3-2-6-17(13)14/h2-8H,1H3. The number of fused-ring (bicyclic) bond motifs is 1. The highest BCUT2D eigenvalue weighted by Gasteiger charge is 2.14. The number of nitro benzene ring substituents is 1. The van der Waals surface area contributed by atoms with Crippen molar-refractivity contribution in [1.29, 1.82) is 0 Å². The molecule has 0 aliphatic rings. The molecule has 0 atom stereocenters. The summed E-state index contributed by atoms with van der Waals surface area (Å²) < 4.78 is 1.82. The third-order valence-electron chi connectivity index (χ3n) is 3.19. The van der Waals surface area contributed by atoms with E-state index in [1.54, 1.807) is 31.3 Å². The van der Waals surface area contributed by atoms with Gasteiger partial charge in [-0.2, -0.15) is 0 Å². The summed E-state index contributed by atoms with van der Waals surface area (Å²) in [6.07, 6.45) is 3.49. The number of rotatable bonds is 2. The average Bonchev–Trinajstić information content (AvgIpc) is 2.84. The Balaban J connectivity index is 2.24. The number of imidazole rings is 1. The van der Waals surface area contributed by atoms with Crippen molar-refractivity contribution in [3.63, 3.8) is 0 Å².